The molecule has 1 saturated carbocycles. The van der Waals surface area contributed by atoms with Crippen LogP contribution in [0.1, 0.15) is 44.9 Å². The molecule has 0 radical (unpaired) electrons. The quantitative estimate of drug-likeness (QED) is 0.486. The van der Waals surface area contributed by atoms with E-state index in [0.29, 0.717) is 5.41 Å². The molecule has 1 spiro atoms. The van der Waals surface area contributed by atoms with E-state index in [2.05, 4.69) is 34.2 Å². The minimum Gasteiger partial charge on any atom is -0.356 e. The van der Waals surface area contributed by atoms with Crippen LogP contribution in [0.2, 0.25) is 0 Å². The van der Waals surface area contributed by atoms with Crippen LogP contribution in [0.4, 0.5) is 0 Å². The molecule has 20 heavy (non-hydrogen) atoms. The lowest BCUT2D eigenvalue weighted by atomic mass is 9.73. The highest BCUT2D eigenvalue weighted by Gasteiger charge is 2.39. The molecule has 0 bridgehead atoms. The van der Waals surface area contributed by atoms with Crippen LogP contribution < -0.4 is 5.32 Å². The van der Waals surface area contributed by atoms with Gasteiger partial charge in [-0.25, -0.2) is 0 Å². The second kappa shape index (κ2) is 7.30. The molecule has 0 aromatic rings. The van der Waals surface area contributed by atoms with Gasteiger partial charge in [0.25, 0.3) is 0 Å². The van der Waals surface area contributed by atoms with Crippen molar-refractivity contribution in [3.05, 3.63) is 0 Å². The predicted octanol–water partition coefficient (Wildman–Crippen LogP) is 2.17. The number of likely N-dealkylation sites (tertiary alicyclic amines) is 1. The largest absolute Gasteiger partial charge is 0.356 e. The van der Waals surface area contributed by atoms with E-state index >= 15 is 0 Å². The highest BCUT2D eigenvalue weighted by Crippen LogP contribution is 2.43. The zero-order valence-electron chi connectivity index (χ0n) is 13.6. The van der Waals surface area contributed by atoms with Gasteiger partial charge in [-0.05, 0) is 51.7 Å². The van der Waals surface area contributed by atoms with E-state index in [-0.39, 0.29) is 0 Å². The van der Waals surface area contributed by atoms with Crippen LogP contribution in [-0.2, 0) is 0 Å². The molecule has 0 aromatic heterocycles. The van der Waals surface area contributed by atoms with Crippen LogP contribution in [0.15, 0.2) is 4.99 Å². The molecule has 2 aliphatic rings. The fraction of sp³-hybridized carbons (Fsp3) is 0.938. The van der Waals surface area contributed by atoms with Crippen molar-refractivity contribution in [2.45, 2.75) is 44.9 Å². The third-order valence-electron chi connectivity index (χ3n) is 4.93. The molecule has 0 unspecified atom stereocenters. The Morgan fingerprint density at radius 3 is 2.60 bits per heavy atom. The first-order chi connectivity index (χ1) is 9.65. The summed E-state index contributed by atoms with van der Waals surface area (Å²) in [5.74, 6) is 1.12. The fourth-order valence-corrected chi connectivity index (χ4v) is 3.75. The molecule has 2 fully saturated rings. The lowest BCUT2D eigenvalue weighted by Gasteiger charge is -2.33. The van der Waals surface area contributed by atoms with Gasteiger partial charge < -0.3 is 15.1 Å². The molecule has 0 aromatic carbocycles. The monoisotopic (exact) mass is 280 g/mol. The van der Waals surface area contributed by atoms with E-state index < -0.39 is 0 Å². The van der Waals surface area contributed by atoms with Gasteiger partial charge in [-0.3, -0.25) is 4.99 Å². The first-order valence-electron chi connectivity index (χ1n) is 8.26. The molecule has 4 heteroatoms. The number of rotatable bonds is 4. The third-order valence-corrected chi connectivity index (χ3v) is 4.93. The maximum absolute atomic E-state index is 4.48. The van der Waals surface area contributed by atoms with Crippen molar-refractivity contribution in [3.63, 3.8) is 0 Å². The number of aliphatic imine (C=N–C) groups is 1. The van der Waals surface area contributed by atoms with Gasteiger partial charge in [-0.1, -0.05) is 19.3 Å². The molecule has 1 N–H and O–H groups in total. The zero-order chi connectivity index (χ0) is 14.4. The summed E-state index contributed by atoms with van der Waals surface area (Å²) in [7, 11) is 6.17. The molecule has 0 amide bonds. The average molecular weight is 280 g/mol. The van der Waals surface area contributed by atoms with Gasteiger partial charge in [0.1, 0.15) is 0 Å². The smallest absolute Gasteiger partial charge is 0.193 e. The van der Waals surface area contributed by atoms with Gasteiger partial charge in [0, 0.05) is 26.7 Å². The molecular formula is C16H32N4. The lowest BCUT2D eigenvalue weighted by molar-refractivity contribution is 0.203. The lowest BCUT2D eigenvalue weighted by Crippen LogP contribution is -2.42. The molecule has 116 valence electrons. The number of guanidine groups is 1. The average Bonchev–Trinajstić information content (AvgIpc) is 2.83. The molecule has 4 nitrogen and oxygen atoms in total. The van der Waals surface area contributed by atoms with Crippen LogP contribution in [0.5, 0.6) is 0 Å². The highest BCUT2D eigenvalue weighted by molar-refractivity contribution is 5.80. The Morgan fingerprint density at radius 2 is 1.95 bits per heavy atom. The second-order valence-electron chi connectivity index (χ2n) is 6.86. The molecule has 1 heterocycles. The van der Waals surface area contributed by atoms with Crippen molar-refractivity contribution in [1.82, 2.24) is 15.1 Å². The fourth-order valence-electron chi connectivity index (χ4n) is 3.75. The van der Waals surface area contributed by atoms with Crippen molar-refractivity contribution < 1.29 is 0 Å². The molecule has 1 aliphatic heterocycles. The van der Waals surface area contributed by atoms with Crippen molar-refractivity contribution in [1.29, 1.82) is 0 Å². The summed E-state index contributed by atoms with van der Waals surface area (Å²) in [5.41, 5.74) is 0.611. The maximum atomic E-state index is 4.48. The van der Waals surface area contributed by atoms with Crippen molar-refractivity contribution in [2.24, 2.45) is 10.4 Å². The Bertz CT molecular complexity index is 318. The Hall–Kier alpha value is -0.770. The van der Waals surface area contributed by atoms with Crippen molar-refractivity contribution >= 4 is 5.96 Å². The van der Waals surface area contributed by atoms with Crippen LogP contribution >= 0.6 is 0 Å². The predicted molar refractivity (Wildman–Crippen MR) is 86.2 cm³/mol. The summed E-state index contributed by atoms with van der Waals surface area (Å²) < 4.78 is 0. The number of hydrogen-bond donors (Lipinski definition) is 1. The Labute approximate surface area is 124 Å². The minimum atomic E-state index is 0.611. The summed E-state index contributed by atoms with van der Waals surface area (Å²) in [6.07, 6.45) is 9.71. The molecule has 1 saturated heterocycles. The van der Waals surface area contributed by atoms with Gasteiger partial charge in [0.05, 0.1) is 0 Å². The van der Waals surface area contributed by atoms with Crippen LogP contribution in [0, 0.1) is 5.41 Å². The Kier molecular flexibility index (Phi) is 5.70. The summed E-state index contributed by atoms with van der Waals surface area (Å²) in [5, 5.41) is 3.54. The van der Waals surface area contributed by atoms with Gasteiger partial charge in [0.15, 0.2) is 5.96 Å². The summed E-state index contributed by atoms with van der Waals surface area (Å²) in [6, 6.07) is 0. The SMILES string of the molecule is CN=C(NCCCN(C)C)N1CCC2(CCCCC2)C1. The first kappa shape index (κ1) is 15.6. The topological polar surface area (TPSA) is 30.9 Å². The van der Waals surface area contributed by atoms with Gasteiger partial charge in [0.2, 0.25) is 0 Å². The Morgan fingerprint density at radius 1 is 1.20 bits per heavy atom. The van der Waals surface area contributed by atoms with E-state index in [9.17, 15) is 0 Å². The van der Waals surface area contributed by atoms with E-state index in [1.807, 2.05) is 7.05 Å². The van der Waals surface area contributed by atoms with Crippen LogP contribution in [-0.4, -0.2) is 63.1 Å². The minimum absolute atomic E-state index is 0.611. The summed E-state index contributed by atoms with van der Waals surface area (Å²) >= 11 is 0. The standard InChI is InChI=1S/C16H32N4/c1-17-15(18-11-7-12-19(2)3)20-13-10-16(14-20)8-5-4-6-9-16/h4-14H2,1-3H3,(H,17,18). The number of hydrogen-bond acceptors (Lipinski definition) is 2. The Balaban J connectivity index is 1.78. The molecule has 2 rings (SSSR count). The first-order valence-corrected chi connectivity index (χ1v) is 8.26. The highest BCUT2D eigenvalue weighted by atomic mass is 15.3. The maximum Gasteiger partial charge on any atom is 0.193 e. The molecule has 1 aliphatic carbocycles. The normalized spacial score (nSPS) is 22.8. The van der Waals surface area contributed by atoms with Crippen molar-refractivity contribution in [3.8, 4) is 0 Å². The number of nitrogens with one attached hydrogen (secondary N) is 1. The van der Waals surface area contributed by atoms with Crippen LogP contribution in [0.25, 0.3) is 0 Å². The number of nitrogens with zero attached hydrogens (tertiary/aromatic N) is 3. The van der Waals surface area contributed by atoms with E-state index in [1.54, 1.807) is 0 Å². The van der Waals surface area contributed by atoms with Crippen molar-refractivity contribution in [2.75, 3.05) is 47.3 Å². The second-order valence-corrected chi connectivity index (χ2v) is 6.86. The molecule has 0 atom stereocenters. The third kappa shape index (κ3) is 4.11. The zero-order valence-corrected chi connectivity index (χ0v) is 13.6. The van der Waals surface area contributed by atoms with Crippen LogP contribution in [0.3, 0.4) is 0 Å². The van der Waals surface area contributed by atoms with Gasteiger partial charge in [-0.2, -0.15) is 0 Å². The van der Waals surface area contributed by atoms with Gasteiger partial charge in [-0.15, -0.1) is 0 Å². The summed E-state index contributed by atoms with van der Waals surface area (Å²) in [4.78, 5) is 9.20. The van der Waals surface area contributed by atoms with E-state index in [1.165, 1.54) is 58.0 Å². The van der Waals surface area contributed by atoms with Gasteiger partial charge >= 0.3 is 0 Å². The molecular weight excluding hydrogens is 248 g/mol. The summed E-state index contributed by atoms with van der Waals surface area (Å²) in [6.45, 7) is 4.57. The van der Waals surface area contributed by atoms with E-state index in [4.69, 9.17) is 0 Å². The van der Waals surface area contributed by atoms with E-state index in [0.717, 1.165) is 19.0 Å².